The monoisotopic (exact) mass is 352 g/mol. The minimum atomic E-state index is -0.502. The Morgan fingerprint density at radius 3 is 2.62 bits per heavy atom. The third kappa shape index (κ3) is 3.64. The molecule has 0 bridgehead atoms. The Balaban J connectivity index is 1.91. The van der Waals surface area contributed by atoms with Gasteiger partial charge in [0.1, 0.15) is 17.3 Å². The SMILES string of the molecule is COc1ccc2ccc(OC)c(/C=N\NC(=O)c3cccc(F)c3)c2c1. The number of hydrogen-bond acceptors (Lipinski definition) is 4. The van der Waals surface area contributed by atoms with E-state index in [9.17, 15) is 9.18 Å². The lowest BCUT2D eigenvalue weighted by Crippen LogP contribution is -2.17. The number of hydrogen-bond donors (Lipinski definition) is 1. The van der Waals surface area contributed by atoms with Crippen LogP contribution >= 0.6 is 0 Å². The zero-order valence-corrected chi connectivity index (χ0v) is 14.3. The number of benzene rings is 3. The maximum Gasteiger partial charge on any atom is 0.271 e. The van der Waals surface area contributed by atoms with Crippen LogP contribution in [0.2, 0.25) is 0 Å². The first-order valence-corrected chi connectivity index (χ1v) is 7.86. The zero-order valence-electron chi connectivity index (χ0n) is 14.3. The molecule has 3 aromatic carbocycles. The quantitative estimate of drug-likeness (QED) is 0.562. The van der Waals surface area contributed by atoms with Crippen LogP contribution in [0.1, 0.15) is 15.9 Å². The largest absolute Gasteiger partial charge is 0.497 e. The second-order valence-electron chi connectivity index (χ2n) is 5.48. The molecule has 0 aliphatic heterocycles. The molecule has 0 atom stereocenters. The molecule has 0 unspecified atom stereocenters. The normalized spacial score (nSPS) is 10.9. The van der Waals surface area contributed by atoms with E-state index in [1.54, 1.807) is 14.2 Å². The molecule has 0 aliphatic rings. The fourth-order valence-electron chi connectivity index (χ4n) is 2.59. The highest BCUT2D eigenvalue weighted by atomic mass is 19.1. The van der Waals surface area contributed by atoms with Crippen molar-refractivity contribution in [3.8, 4) is 11.5 Å². The van der Waals surface area contributed by atoms with Crippen LogP contribution in [0.3, 0.4) is 0 Å². The van der Waals surface area contributed by atoms with E-state index in [2.05, 4.69) is 10.5 Å². The molecule has 0 aliphatic carbocycles. The van der Waals surface area contributed by atoms with Gasteiger partial charge in [0.05, 0.1) is 20.4 Å². The summed E-state index contributed by atoms with van der Waals surface area (Å²) in [7, 11) is 3.15. The van der Waals surface area contributed by atoms with Crippen LogP contribution in [0, 0.1) is 5.82 Å². The van der Waals surface area contributed by atoms with Crippen molar-refractivity contribution in [3.05, 3.63) is 71.5 Å². The maximum atomic E-state index is 13.2. The van der Waals surface area contributed by atoms with Gasteiger partial charge in [-0.15, -0.1) is 0 Å². The highest BCUT2D eigenvalue weighted by Crippen LogP contribution is 2.29. The summed E-state index contributed by atoms with van der Waals surface area (Å²) in [5.41, 5.74) is 3.28. The topological polar surface area (TPSA) is 59.9 Å². The first kappa shape index (κ1) is 17.4. The Kier molecular flexibility index (Phi) is 5.12. The highest BCUT2D eigenvalue weighted by molar-refractivity contribution is 6.03. The Morgan fingerprint density at radius 2 is 1.88 bits per heavy atom. The molecule has 1 N–H and O–H groups in total. The van der Waals surface area contributed by atoms with E-state index in [4.69, 9.17) is 9.47 Å². The van der Waals surface area contributed by atoms with Gasteiger partial charge in [-0.2, -0.15) is 5.10 Å². The van der Waals surface area contributed by atoms with Gasteiger partial charge in [0.2, 0.25) is 0 Å². The van der Waals surface area contributed by atoms with Crippen molar-refractivity contribution < 1.29 is 18.7 Å². The number of amides is 1. The summed E-state index contributed by atoms with van der Waals surface area (Å²) in [6, 6.07) is 14.8. The number of halogens is 1. The van der Waals surface area contributed by atoms with Gasteiger partial charge in [0.25, 0.3) is 5.91 Å². The Hall–Kier alpha value is -3.41. The van der Waals surface area contributed by atoms with Crippen molar-refractivity contribution in [2.75, 3.05) is 14.2 Å². The third-order valence-corrected chi connectivity index (χ3v) is 3.90. The molecule has 0 aromatic heterocycles. The number of rotatable bonds is 5. The predicted molar refractivity (Wildman–Crippen MR) is 98.5 cm³/mol. The zero-order chi connectivity index (χ0) is 18.5. The molecule has 0 spiro atoms. The third-order valence-electron chi connectivity index (χ3n) is 3.90. The van der Waals surface area contributed by atoms with Crippen molar-refractivity contribution in [1.82, 2.24) is 5.43 Å². The van der Waals surface area contributed by atoms with Gasteiger partial charge in [0, 0.05) is 11.1 Å². The molecular weight excluding hydrogens is 335 g/mol. The Bertz CT molecular complexity index is 981. The number of carbonyl (C=O) groups is 1. The number of carbonyl (C=O) groups excluding carboxylic acids is 1. The van der Waals surface area contributed by atoms with E-state index < -0.39 is 11.7 Å². The lowest BCUT2D eigenvalue weighted by Gasteiger charge is -2.10. The number of fused-ring (bicyclic) bond motifs is 1. The van der Waals surface area contributed by atoms with Crippen molar-refractivity contribution in [2.45, 2.75) is 0 Å². The summed E-state index contributed by atoms with van der Waals surface area (Å²) in [6.07, 6.45) is 1.50. The van der Waals surface area contributed by atoms with Crippen LogP contribution in [-0.2, 0) is 0 Å². The van der Waals surface area contributed by atoms with Crippen molar-refractivity contribution in [3.63, 3.8) is 0 Å². The molecule has 0 saturated heterocycles. The van der Waals surface area contributed by atoms with E-state index in [0.717, 1.165) is 16.8 Å². The highest BCUT2D eigenvalue weighted by Gasteiger charge is 2.09. The lowest BCUT2D eigenvalue weighted by atomic mass is 10.0. The maximum absolute atomic E-state index is 13.2. The fraction of sp³-hybridized carbons (Fsp3) is 0.100. The van der Waals surface area contributed by atoms with Crippen molar-refractivity contribution >= 4 is 22.9 Å². The molecule has 132 valence electrons. The van der Waals surface area contributed by atoms with E-state index in [1.807, 2.05) is 30.3 Å². The number of hydrazone groups is 1. The standard InChI is InChI=1S/C20H17FN2O3/c1-25-16-8-6-13-7-9-19(26-2)18(17(13)11-16)12-22-23-20(24)14-4-3-5-15(21)10-14/h3-12H,1-2H3,(H,23,24)/b22-12-. The van der Waals surface area contributed by atoms with Crippen LogP contribution in [0.25, 0.3) is 10.8 Å². The predicted octanol–water partition coefficient (Wildman–Crippen LogP) is 3.76. The number of ether oxygens (including phenoxy) is 2. The second kappa shape index (κ2) is 7.65. The average Bonchev–Trinajstić information content (AvgIpc) is 2.67. The van der Waals surface area contributed by atoms with Gasteiger partial charge >= 0.3 is 0 Å². The molecule has 6 heteroatoms. The summed E-state index contributed by atoms with van der Waals surface area (Å²) in [6.45, 7) is 0. The van der Waals surface area contributed by atoms with E-state index in [0.29, 0.717) is 17.1 Å². The van der Waals surface area contributed by atoms with Crippen LogP contribution in [0.4, 0.5) is 4.39 Å². The Labute approximate surface area is 150 Å². The first-order chi connectivity index (χ1) is 12.6. The first-order valence-electron chi connectivity index (χ1n) is 7.86. The van der Waals surface area contributed by atoms with Gasteiger partial charge in [-0.3, -0.25) is 4.79 Å². The minimum Gasteiger partial charge on any atom is -0.497 e. The molecule has 0 saturated carbocycles. The fourth-order valence-corrected chi connectivity index (χ4v) is 2.59. The molecule has 3 aromatic rings. The van der Waals surface area contributed by atoms with Crippen molar-refractivity contribution in [1.29, 1.82) is 0 Å². The molecule has 1 amide bonds. The van der Waals surface area contributed by atoms with Gasteiger partial charge < -0.3 is 9.47 Å². The molecule has 5 nitrogen and oxygen atoms in total. The molecule has 0 fully saturated rings. The van der Waals surface area contributed by atoms with Crippen LogP contribution in [0.5, 0.6) is 11.5 Å². The number of methoxy groups -OCH3 is 2. The van der Waals surface area contributed by atoms with Crippen molar-refractivity contribution in [2.24, 2.45) is 5.10 Å². The lowest BCUT2D eigenvalue weighted by molar-refractivity contribution is 0.0954. The van der Waals surface area contributed by atoms with Gasteiger partial charge in [0.15, 0.2) is 0 Å². The van der Waals surface area contributed by atoms with E-state index in [-0.39, 0.29) is 5.56 Å². The number of nitrogens with one attached hydrogen (secondary N) is 1. The van der Waals surface area contributed by atoms with Crippen LogP contribution < -0.4 is 14.9 Å². The summed E-state index contributed by atoms with van der Waals surface area (Å²) in [5, 5.41) is 5.84. The summed E-state index contributed by atoms with van der Waals surface area (Å²) >= 11 is 0. The number of nitrogens with zero attached hydrogens (tertiary/aromatic N) is 1. The van der Waals surface area contributed by atoms with Crippen LogP contribution in [-0.4, -0.2) is 26.3 Å². The molecule has 0 heterocycles. The molecule has 26 heavy (non-hydrogen) atoms. The Morgan fingerprint density at radius 1 is 1.08 bits per heavy atom. The summed E-state index contributed by atoms with van der Waals surface area (Å²) in [4.78, 5) is 12.1. The van der Waals surface area contributed by atoms with Crippen LogP contribution in [0.15, 0.2) is 59.7 Å². The molecule has 3 rings (SSSR count). The summed E-state index contributed by atoms with van der Waals surface area (Å²) in [5.74, 6) is 0.320. The summed E-state index contributed by atoms with van der Waals surface area (Å²) < 4.78 is 23.9. The minimum absolute atomic E-state index is 0.189. The van der Waals surface area contributed by atoms with E-state index in [1.165, 1.54) is 24.4 Å². The smallest absolute Gasteiger partial charge is 0.271 e. The van der Waals surface area contributed by atoms with E-state index >= 15 is 0 Å². The second-order valence-corrected chi connectivity index (χ2v) is 5.48. The molecule has 0 radical (unpaired) electrons. The molecular formula is C20H17FN2O3. The average molecular weight is 352 g/mol. The van der Waals surface area contributed by atoms with Gasteiger partial charge in [-0.05, 0) is 47.2 Å². The van der Waals surface area contributed by atoms with Gasteiger partial charge in [-0.1, -0.05) is 18.2 Å². The van der Waals surface area contributed by atoms with Gasteiger partial charge in [-0.25, -0.2) is 9.82 Å².